The van der Waals surface area contributed by atoms with Crippen molar-refractivity contribution in [2.75, 3.05) is 13.7 Å². The van der Waals surface area contributed by atoms with Gasteiger partial charge in [0.05, 0.1) is 7.11 Å². The summed E-state index contributed by atoms with van der Waals surface area (Å²) in [5.74, 6) is 1.46. The van der Waals surface area contributed by atoms with Crippen molar-refractivity contribution in [2.24, 2.45) is 5.73 Å². The third-order valence-corrected chi connectivity index (χ3v) is 2.93. The molecule has 0 amide bonds. The first-order valence-electron chi connectivity index (χ1n) is 6.37. The van der Waals surface area contributed by atoms with Gasteiger partial charge in [-0.1, -0.05) is 42.5 Å². The molecule has 0 fully saturated rings. The molecular weight excluding hydrogens is 238 g/mol. The van der Waals surface area contributed by atoms with Crippen molar-refractivity contribution in [3.05, 3.63) is 60.2 Å². The molecule has 2 aromatic carbocycles. The smallest absolute Gasteiger partial charge is 0.161 e. The number of hydrogen-bond acceptors (Lipinski definition) is 3. The molecule has 0 radical (unpaired) electrons. The first kappa shape index (κ1) is 13.4. The fourth-order valence-electron chi connectivity index (χ4n) is 1.95. The van der Waals surface area contributed by atoms with Crippen LogP contribution in [-0.2, 0) is 6.42 Å². The minimum absolute atomic E-state index is 0.0568. The molecule has 0 bridgehead atoms. The normalized spacial score (nSPS) is 11.9. The molecule has 2 rings (SSSR count). The molecule has 19 heavy (non-hydrogen) atoms. The molecule has 0 aromatic heterocycles. The van der Waals surface area contributed by atoms with Gasteiger partial charge in [0.15, 0.2) is 11.5 Å². The average Bonchev–Trinajstić information content (AvgIpc) is 2.48. The third kappa shape index (κ3) is 3.73. The van der Waals surface area contributed by atoms with E-state index in [9.17, 15) is 0 Å². The number of nitrogens with two attached hydrogens (primary N) is 1. The van der Waals surface area contributed by atoms with Gasteiger partial charge in [-0.15, -0.1) is 0 Å². The number of benzene rings is 2. The summed E-state index contributed by atoms with van der Waals surface area (Å²) in [6.07, 6.45) is 0.730. The predicted octanol–water partition coefficient (Wildman–Crippen LogP) is 2.64. The van der Waals surface area contributed by atoms with Crippen LogP contribution in [0.1, 0.15) is 5.56 Å². The van der Waals surface area contributed by atoms with Crippen molar-refractivity contribution in [1.29, 1.82) is 0 Å². The van der Waals surface area contributed by atoms with E-state index < -0.39 is 0 Å². The van der Waals surface area contributed by atoms with Crippen LogP contribution in [0.4, 0.5) is 0 Å². The van der Waals surface area contributed by atoms with Crippen LogP contribution in [0.15, 0.2) is 54.6 Å². The summed E-state index contributed by atoms with van der Waals surface area (Å²) in [5.41, 5.74) is 7.01. The van der Waals surface area contributed by atoms with Crippen molar-refractivity contribution < 1.29 is 9.47 Å². The Kier molecular flexibility index (Phi) is 4.81. The van der Waals surface area contributed by atoms with Crippen molar-refractivity contribution in [2.45, 2.75) is 12.5 Å². The molecule has 3 nitrogen and oxygen atoms in total. The second-order valence-corrected chi connectivity index (χ2v) is 4.32. The minimum atomic E-state index is -0.0568. The van der Waals surface area contributed by atoms with Gasteiger partial charge in [-0.05, 0) is 17.7 Å². The molecule has 0 spiro atoms. The van der Waals surface area contributed by atoms with E-state index >= 15 is 0 Å². The van der Waals surface area contributed by atoms with Gasteiger partial charge in [-0.2, -0.15) is 0 Å². The van der Waals surface area contributed by atoms with Crippen LogP contribution in [0.3, 0.4) is 0 Å². The van der Waals surface area contributed by atoms with Crippen LogP contribution in [0.2, 0.25) is 0 Å². The van der Waals surface area contributed by atoms with Crippen LogP contribution < -0.4 is 15.2 Å². The molecule has 0 saturated carbocycles. The molecule has 0 aliphatic rings. The Morgan fingerprint density at radius 1 is 0.947 bits per heavy atom. The Balaban J connectivity index is 2.07. The lowest BCUT2D eigenvalue weighted by atomic mass is 10.1. The number of methoxy groups -OCH3 is 1. The molecule has 100 valence electrons. The largest absolute Gasteiger partial charge is 0.493 e. The zero-order valence-corrected chi connectivity index (χ0v) is 11.1. The van der Waals surface area contributed by atoms with E-state index in [1.165, 1.54) is 5.56 Å². The Morgan fingerprint density at radius 3 is 2.21 bits per heavy atom. The van der Waals surface area contributed by atoms with Gasteiger partial charge in [0.2, 0.25) is 0 Å². The quantitative estimate of drug-likeness (QED) is 0.865. The second-order valence-electron chi connectivity index (χ2n) is 4.32. The van der Waals surface area contributed by atoms with Crippen LogP contribution in [-0.4, -0.2) is 19.8 Å². The summed E-state index contributed by atoms with van der Waals surface area (Å²) in [5, 5.41) is 0. The molecule has 1 atom stereocenters. The topological polar surface area (TPSA) is 44.5 Å². The molecule has 0 heterocycles. The summed E-state index contributed by atoms with van der Waals surface area (Å²) in [6.45, 7) is 0.465. The molecule has 2 N–H and O–H groups in total. The maximum absolute atomic E-state index is 5.94. The van der Waals surface area contributed by atoms with E-state index in [0.717, 1.165) is 17.9 Å². The minimum Gasteiger partial charge on any atom is -0.493 e. The van der Waals surface area contributed by atoms with Crippen LogP contribution in [0, 0.1) is 0 Å². The Labute approximate surface area is 114 Å². The molecule has 2 aromatic rings. The number of hydrogen-bond donors (Lipinski definition) is 1. The zero-order chi connectivity index (χ0) is 13.5. The highest BCUT2D eigenvalue weighted by Crippen LogP contribution is 2.27. The molecule has 3 heteroatoms. The fourth-order valence-corrected chi connectivity index (χ4v) is 1.95. The van der Waals surface area contributed by atoms with E-state index in [4.69, 9.17) is 15.2 Å². The van der Waals surface area contributed by atoms with Gasteiger partial charge in [0.1, 0.15) is 6.10 Å². The number of ether oxygens (including phenoxy) is 2. The summed E-state index contributed by atoms with van der Waals surface area (Å²) < 4.78 is 11.2. The number of para-hydroxylation sites is 2. The van der Waals surface area contributed by atoms with Gasteiger partial charge in [0.25, 0.3) is 0 Å². The predicted molar refractivity (Wildman–Crippen MR) is 76.6 cm³/mol. The monoisotopic (exact) mass is 257 g/mol. The van der Waals surface area contributed by atoms with Gasteiger partial charge < -0.3 is 15.2 Å². The van der Waals surface area contributed by atoms with Crippen molar-refractivity contribution in [1.82, 2.24) is 0 Å². The third-order valence-electron chi connectivity index (χ3n) is 2.93. The molecular formula is C16H19NO2. The molecule has 0 aliphatic heterocycles. The lowest BCUT2D eigenvalue weighted by molar-refractivity contribution is 0.201. The summed E-state index contributed by atoms with van der Waals surface area (Å²) in [4.78, 5) is 0. The molecule has 0 aliphatic carbocycles. The maximum atomic E-state index is 5.94. The van der Waals surface area contributed by atoms with Gasteiger partial charge in [0, 0.05) is 13.0 Å². The Morgan fingerprint density at radius 2 is 1.58 bits per heavy atom. The highest BCUT2D eigenvalue weighted by atomic mass is 16.5. The summed E-state index contributed by atoms with van der Waals surface area (Å²) in [6, 6.07) is 17.8. The van der Waals surface area contributed by atoms with Crippen molar-refractivity contribution in [3.63, 3.8) is 0 Å². The van der Waals surface area contributed by atoms with E-state index in [1.54, 1.807) is 7.11 Å². The van der Waals surface area contributed by atoms with E-state index in [1.807, 2.05) is 42.5 Å². The van der Waals surface area contributed by atoms with Crippen LogP contribution >= 0.6 is 0 Å². The maximum Gasteiger partial charge on any atom is 0.161 e. The Hall–Kier alpha value is -2.00. The van der Waals surface area contributed by atoms with E-state index in [2.05, 4.69) is 12.1 Å². The first-order valence-corrected chi connectivity index (χ1v) is 6.37. The first-order chi connectivity index (χ1) is 9.33. The van der Waals surface area contributed by atoms with Gasteiger partial charge in [-0.25, -0.2) is 0 Å². The second kappa shape index (κ2) is 6.81. The van der Waals surface area contributed by atoms with Crippen LogP contribution in [0.25, 0.3) is 0 Å². The van der Waals surface area contributed by atoms with Gasteiger partial charge >= 0.3 is 0 Å². The number of rotatable bonds is 6. The highest BCUT2D eigenvalue weighted by Gasteiger charge is 2.12. The lowest BCUT2D eigenvalue weighted by Gasteiger charge is -2.19. The molecule has 1 unspecified atom stereocenters. The van der Waals surface area contributed by atoms with E-state index in [-0.39, 0.29) is 6.10 Å². The lowest BCUT2D eigenvalue weighted by Crippen LogP contribution is -2.29. The summed E-state index contributed by atoms with van der Waals surface area (Å²) >= 11 is 0. The van der Waals surface area contributed by atoms with Crippen molar-refractivity contribution >= 4 is 0 Å². The zero-order valence-electron chi connectivity index (χ0n) is 11.1. The molecule has 0 saturated heterocycles. The average molecular weight is 257 g/mol. The Bertz CT molecular complexity index is 499. The standard InChI is InChI=1S/C16H19NO2/c1-18-15-9-5-6-10-16(15)19-14(12-17)11-13-7-3-2-4-8-13/h2-10,14H,11-12,17H2,1H3. The van der Waals surface area contributed by atoms with E-state index in [0.29, 0.717) is 6.54 Å². The van der Waals surface area contributed by atoms with Gasteiger partial charge in [-0.3, -0.25) is 0 Å². The summed E-state index contributed by atoms with van der Waals surface area (Å²) in [7, 11) is 1.64. The van der Waals surface area contributed by atoms with Crippen molar-refractivity contribution in [3.8, 4) is 11.5 Å². The van der Waals surface area contributed by atoms with Crippen LogP contribution in [0.5, 0.6) is 11.5 Å². The fraction of sp³-hybridized carbons (Fsp3) is 0.250. The highest BCUT2D eigenvalue weighted by molar-refractivity contribution is 5.39. The SMILES string of the molecule is COc1ccccc1OC(CN)Cc1ccccc1.